The summed E-state index contributed by atoms with van der Waals surface area (Å²) >= 11 is 0. The first-order valence-corrected chi connectivity index (χ1v) is 10.1. The molecule has 6 heteroatoms. The molecule has 0 bridgehead atoms. The zero-order valence-corrected chi connectivity index (χ0v) is 17.6. The highest BCUT2D eigenvalue weighted by Gasteiger charge is 2.10. The molecule has 0 spiro atoms. The fourth-order valence-corrected chi connectivity index (χ4v) is 3.25. The van der Waals surface area contributed by atoms with E-state index in [2.05, 4.69) is 36.3 Å². The van der Waals surface area contributed by atoms with Crippen LogP contribution in [0, 0.1) is 13.8 Å². The molecule has 0 aliphatic carbocycles. The Hall–Kier alpha value is -3.02. The molecule has 0 fully saturated rings. The summed E-state index contributed by atoms with van der Waals surface area (Å²) in [6.07, 6.45) is 2.45. The van der Waals surface area contributed by atoms with Crippen LogP contribution >= 0.6 is 0 Å². The molecule has 0 aliphatic rings. The van der Waals surface area contributed by atoms with E-state index in [-0.39, 0.29) is 12.5 Å². The number of benzene rings is 2. The van der Waals surface area contributed by atoms with Crippen LogP contribution < -0.4 is 14.8 Å². The molecule has 0 atom stereocenters. The highest BCUT2D eigenvalue weighted by Crippen LogP contribution is 2.28. The summed E-state index contributed by atoms with van der Waals surface area (Å²) < 4.78 is 13.1. The number of nitrogens with one attached hydrogen (secondary N) is 1. The Kier molecular flexibility index (Phi) is 6.75. The van der Waals surface area contributed by atoms with E-state index in [1.165, 1.54) is 11.1 Å². The largest absolute Gasteiger partial charge is 0.490 e. The summed E-state index contributed by atoms with van der Waals surface area (Å²) in [7, 11) is 0. The fraction of sp³-hybridized carbons (Fsp3) is 0.391. The molecule has 154 valence electrons. The van der Waals surface area contributed by atoms with Crippen LogP contribution in [0.4, 0.5) is 0 Å². The summed E-state index contributed by atoms with van der Waals surface area (Å²) in [6, 6.07) is 10.1. The number of amides is 1. The lowest BCUT2D eigenvalue weighted by atomic mass is 10.1. The van der Waals surface area contributed by atoms with Crippen molar-refractivity contribution in [3.63, 3.8) is 0 Å². The molecule has 3 aromatic rings. The van der Waals surface area contributed by atoms with Crippen LogP contribution in [0.5, 0.6) is 11.5 Å². The van der Waals surface area contributed by atoms with Crippen molar-refractivity contribution in [1.29, 1.82) is 0 Å². The van der Waals surface area contributed by atoms with Gasteiger partial charge in [0.2, 0.25) is 5.91 Å². The van der Waals surface area contributed by atoms with Crippen LogP contribution in [0.15, 0.2) is 36.7 Å². The van der Waals surface area contributed by atoms with Gasteiger partial charge in [0.05, 0.1) is 30.6 Å². The van der Waals surface area contributed by atoms with Gasteiger partial charge in [0, 0.05) is 6.54 Å². The molecule has 0 radical (unpaired) electrons. The second-order valence-electron chi connectivity index (χ2n) is 7.04. The Bertz CT molecular complexity index is 994. The number of carbonyl (C=O) groups excluding carboxylic acids is 1. The number of hydrogen-bond donors (Lipinski definition) is 1. The topological polar surface area (TPSA) is 65.4 Å². The molecule has 1 N–H and O–H groups in total. The van der Waals surface area contributed by atoms with E-state index in [0.29, 0.717) is 19.8 Å². The molecule has 1 amide bonds. The number of ether oxygens (including phenoxy) is 2. The van der Waals surface area contributed by atoms with E-state index >= 15 is 0 Å². The average Bonchev–Trinajstić information content (AvgIpc) is 3.06. The number of fused-ring (bicyclic) bond motifs is 1. The maximum atomic E-state index is 12.4. The average molecular weight is 396 g/mol. The Morgan fingerprint density at radius 2 is 1.76 bits per heavy atom. The molecule has 0 unspecified atom stereocenters. The minimum Gasteiger partial charge on any atom is -0.490 e. The van der Waals surface area contributed by atoms with Gasteiger partial charge in [-0.1, -0.05) is 6.07 Å². The number of carbonyl (C=O) groups is 1. The molecular formula is C23H29N3O3. The number of aromatic nitrogens is 2. The van der Waals surface area contributed by atoms with Crippen LogP contribution in [0.25, 0.3) is 11.0 Å². The van der Waals surface area contributed by atoms with Crippen LogP contribution in [0.2, 0.25) is 0 Å². The number of aryl methyl sites for hydroxylation is 2. The summed E-state index contributed by atoms with van der Waals surface area (Å²) in [5.41, 5.74) is 5.39. The summed E-state index contributed by atoms with van der Waals surface area (Å²) in [5, 5.41) is 2.99. The van der Waals surface area contributed by atoms with Gasteiger partial charge in [-0.2, -0.15) is 0 Å². The highest BCUT2D eigenvalue weighted by atomic mass is 16.5. The third-order valence-electron chi connectivity index (χ3n) is 4.89. The predicted octanol–water partition coefficient (Wildman–Crippen LogP) is 3.81. The van der Waals surface area contributed by atoms with Crippen molar-refractivity contribution in [3.05, 3.63) is 53.3 Å². The Morgan fingerprint density at radius 1 is 1.03 bits per heavy atom. The van der Waals surface area contributed by atoms with Crippen molar-refractivity contribution < 1.29 is 14.3 Å². The quantitative estimate of drug-likeness (QED) is 0.598. The van der Waals surface area contributed by atoms with Gasteiger partial charge in [-0.3, -0.25) is 4.79 Å². The number of nitrogens with zero attached hydrogens (tertiary/aromatic N) is 2. The number of imidazole rings is 1. The molecule has 0 saturated heterocycles. The lowest BCUT2D eigenvalue weighted by molar-refractivity contribution is -0.121. The lowest BCUT2D eigenvalue weighted by Gasteiger charge is -2.13. The lowest BCUT2D eigenvalue weighted by Crippen LogP contribution is -2.29. The van der Waals surface area contributed by atoms with Crippen molar-refractivity contribution in [2.75, 3.05) is 19.8 Å². The predicted molar refractivity (Wildman–Crippen MR) is 115 cm³/mol. The zero-order valence-electron chi connectivity index (χ0n) is 17.6. The molecule has 6 nitrogen and oxygen atoms in total. The van der Waals surface area contributed by atoms with Crippen molar-refractivity contribution >= 4 is 16.9 Å². The highest BCUT2D eigenvalue weighted by molar-refractivity contribution is 5.81. The van der Waals surface area contributed by atoms with Gasteiger partial charge in [-0.25, -0.2) is 4.98 Å². The monoisotopic (exact) mass is 395 g/mol. The van der Waals surface area contributed by atoms with Gasteiger partial charge in [-0.15, -0.1) is 0 Å². The van der Waals surface area contributed by atoms with Crippen LogP contribution in [-0.2, 0) is 17.8 Å². The van der Waals surface area contributed by atoms with Gasteiger partial charge in [0.15, 0.2) is 11.5 Å². The normalized spacial score (nSPS) is 10.9. The second-order valence-corrected chi connectivity index (χ2v) is 7.04. The molecule has 0 aliphatic heterocycles. The first kappa shape index (κ1) is 20.7. The molecule has 29 heavy (non-hydrogen) atoms. The molecule has 0 saturated carbocycles. The third kappa shape index (κ3) is 5.08. The Balaban J connectivity index is 1.57. The first-order chi connectivity index (χ1) is 14.0. The van der Waals surface area contributed by atoms with Crippen LogP contribution in [0.3, 0.4) is 0 Å². The Labute approximate surface area is 171 Å². The van der Waals surface area contributed by atoms with Crippen molar-refractivity contribution in [1.82, 2.24) is 14.9 Å². The molecule has 1 aromatic heterocycles. The minimum absolute atomic E-state index is 0.0292. The fourth-order valence-electron chi connectivity index (χ4n) is 3.25. The van der Waals surface area contributed by atoms with E-state index < -0.39 is 0 Å². The molecule has 2 aromatic carbocycles. The van der Waals surface area contributed by atoms with Gasteiger partial charge < -0.3 is 19.4 Å². The molecule has 1 heterocycles. The zero-order chi connectivity index (χ0) is 20.8. The standard InChI is InChI=1S/C23H29N3O3/c1-5-28-21-8-7-18(13-22(21)29-6-2)9-10-24-23(27)14-26-15-25-19-11-16(3)17(4)12-20(19)26/h7-8,11-13,15H,5-6,9-10,14H2,1-4H3,(H,24,27). The number of hydrogen-bond acceptors (Lipinski definition) is 4. The van der Waals surface area contributed by atoms with Gasteiger partial charge in [0.25, 0.3) is 0 Å². The Morgan fingerprint density at radius 3 is 2.52 bits per heavy atom. The minimum atomic E-state index is -0.0292. The summed E-state index contributed by atoms with van der Waals surface area (Å²) in [5.74, 6) is 1.46. The van der Waals surface area contributed by atoms with Crippen LogP contribution in [-0.4, -0.2) is 35.2 Å². The summed E-state index contributed by atoms with van der Waals surface area (Å²) in [6.45, 7) is 10.0. The van der Waals surface area contributed by atoms with Crippen molar-refractivity contribution in [2.45, 2.75) is 40.7 Å². The molecule has 3 rings (SSSR count). The van der Waals surface area contributed by atoms with Gasteiger partial charge in [-0.05, 0) is 75.1 Å². The van der Waals surface area contributed by atoms with E-state index in [9.17, 15) is 4.79 Å². The van der Waals surface area contributed by atoms with Crippen LogP contribution in [0.1, 0.15) is 30.5 Å². The smallest absolute Gasteiger partial charge is 0.240 e. The van der Waals surface area contributed by atoms with E-state index in [4.69, 9.17) is 9.47 Å². The van der Waals surface area contributed by atoms with E-state index in [1.54, 1.807) is 6.33 Å². The maximum absolute atomic E-state index is 12.4. The van der Waals surface area contributed by atoms with Gasteiger partial charge in [0.1, 0.15) is 6.54 Å². The van der Waals surface area contributed by atoms with Crippen molar-refractivity contribution in [2.24, 2.45) is 0 Å². The van der Waals surface area contributed by atoms with Crippen molar-refractivity contribution in [3.8, 4) is 11.5 Å². The maximum Gasteiger partial charge on any atom is 0.240 e. The van der Waals surface area contributed by atoms with Gasteiger partial charge >= 0.3 is 0 Å². The third-order valence-corrected chi connectivity index (χ3v) is 4.89. The number of rotatable bonds is 9. The SMILES string of the molecule is CCOc1ccc(CCNC(=O)Cn2cnc3cc(C)c(C)cc32)cc1OCC. The van der Waals surface area contributed by atoms with E-state index in [1.807, 2.05) is 36.6 Å². The van der Waals surface area contributed by atoms with E-state index in [0.717, 1.165) is 34.5 Å². The second kappa shape index (κ2) is 9.45. The summed E-state index contributed by atoms with van der Waals surface area (Å²) in [4.78, 5) is 16.8. The molecular weight excluding hydrogens is 366 g/mol. The first-order valence-electron chi connectivity index (χ1n) is 10.1.